The molecule has 3 rings (SSSR count). The van der Waals surface area contributed by atoms with Crippen LogP contribution < -0.4 is 5.32 Å². The minimum Gasteiger partial charge on any atom is -0.353 e. The van der Waals surface area contributed by atoms with Crippen molar-refractivity contribution in [3.63, 3.8) is 0 Å². The van der Waals surface area contributed by atoms with Crippen molar-refractivity contribution in [2.75, 3.05) is 27.2 Å². The first-order chi connectivity index (χ1) is 11.5. The van der Waals surface area contributed by atoms with Crippen LogP contribution in [0.25, 0.3) is 9.88 Å². The van der Waals surface area contributed by atoms with E-state index >= 15 is 0 Å². The molecule has 1 saturated heterocycles. The van der Waals surface area contributed by atoms with Crippen LogP contribution in [0.2, 0.25) is 0 Å². The Kier molecular flexibility index (Phi) is 5.27. The third-order valence-corrected chi connectivity index (χ3v) is 6.01. The van der Waals surface area contributed by atoms with E-state index in [4.69, 9.17) is 0 Å². The largest absolute Gasteiger partial charge is 0.353 e. The monoisotopic (exact) mass is 364 g/mol. The molecule has 1 aliphatic heterocycles. The molecule has 3 heterocycles. The minimum absolute atomic E-state index is 0.0467. The lowest BCUT2D eigenvalue weighted by molar-refractivity contribution is -0.137. The topological polar surface area (TPSA) is 65.5 Å². The number of carbonyl (C=O) groups excluding carboxylic acids is 2. The number of likely N-dealkylation sites (N-methyl/N-ethyl adjacent to an activating group) is 1. The molecule has 0 aromatic carbocycles. The van der Waals surface area contributed by atoms with Gasteiger partial charge >= 0.3 is 0 Å². The van der Waals surface area contributed by atoms with Crippen LogP contribution in [0.15, 0.2) is 22.9 Å². The van der Waals surface area contributed by atoms with E-state index < -0.39 is 0 Å². The summed E-state index contributed by atoms with van der Waals surface area (Å²) >= 11 is 3.24. The van der Waals surface area contributed by atoms with E-state index in [0.717, 1.165) is 22.1 Å². The van der Waals surface area contributed by atoms with Gasteiger partial charge in [0.05, 0.1) is 29.6 Å². The zero-order chi connectivity index (χ0) is 17.1. The summed E-state index contributed by atoms with van der Waals surface area (Å²) in [4.78, 5) is 33.7. The van der Waals surface area contributed by atoms with Crippen molar-refractivity contribution < 1.29 is 9.59 Å². The SMILES string of the molecule is CN(Cc1csc(-c2cccs2)n1)C(=O)CC1C(=O)NCCN1C. The normalized spacial score (nSPS) is 18.4. The molecule has 1 unspecified atom stereocenters. The molecule has 1 fully saturated rings. The van der Waals surface area contributed by atoms with Gasteiger partial charge in [-0.25, -0.2) is 4.98 Å². The molecule has 0 aliphatic carbocycles. The predicted molar refractivity (Wildman–Crippen MR) is 95.9 cm³/mol. The molecule has 1 aliphatic rings. The molecule has 2 aromatic rings. The highest BCUT2D eigenvalue weighted by Crippen LogP contribution is 2.28. The van der Waals surface area contributed by atoms with E-state index in [2.05, 4.69) is 10.3 Å². The van der Waals surface area contributed by atoms with E-state index in [1.165, 1.54) is 0 Å². The molecule has 24 heavy (non-hydrogen) atoms. The Morgan fingerprint density at radius 2 is 2.33 bits per heavy atom. The number of hydrogen-bond donors (Lipinski definition) is 1. The molecule has 2 amide bonds. The van der Waals surface area contributed by atoms with Crippen LogP contribution in [0.3, 0.4) is 0 Å². The van der Waals surface area contributed by atoms with Crippen LogP contribution in [0.4, 0.5) is 0 Å². The molecular weight excluding hydrogens is 344 g/mol. The molecule has 1 N–H and O–H groups in total. The summed E-state index contributed by atoms with van der Waals surface area (Å²) in [5.41, 5.74) is 0.876. The summed E-state index contributed by atoms with van der Waals surface area (Å²) in [5, 5.41) is 7.80. The van der Waals surface area contributed by atoms with Crippen LogP contribution in [-0.4, -0.2) is 59.8 Å². The number of carbonyl (C=O) groups is 2. The highest BCUT2D eigenvalue weighted by molar-refractivity contribution is 7.20. The van der Waals surface area contributed by atoms with Crippen molar-refractivity contribution in [2.24, 2.45) is 0 Å². The minimum atomic E-state index is -0.384. The highest BCUT2D eigenvalue weighted by Gasteiger charge is 2.30. The van der Waals surface area contributed by atoms with E-state index in [1.54, 1.807) is 34.6 Å². The fourth-order valence-corrected chi connectivity index (χ4v) is 4.25. The number of hydrogen-bond acceptors (Lipinski definition) is 6. The third-order valence-electron chi connectivity index (χ3n) is 4.08. The van der Waals surface area contributed by atoms with Gasteiger partial charge in [-0.05, 0) is 18.5 Å². The quantitative estimate of drug-likeness (QED) is 0.876. The van der Waals surface area contributed by atoms with Crippen molar-refractivity contribution in [1.29, 1.82) is 0 Å². The lowest BCUT2D eigenvalue weighted by Gasteiger charge is -2.32. The second-order valence-corrected chi connectivity index (χ2v) is 7.67. The molecule has 0 spiro atoms. The van der Waals surface area contributed by atoms with Crippen molar-refractivity contribution in [1.82, 2.24) is 20.1 Å². The zero-order valence-corrected chi connectivity index (χ0v) is 15.3. The van der Waals surface area contributed by atoms with E-state index in [-0.39, 0.29) is 24.3 Å². The number of aromatic nitrogens is 1. The van der Waals surface area contributed by atoms with Gasteiger partial charge < -0.3 is 10.2 Å². The van der Waals surface area contributed by atoms with Gasteiger partial charge in [0.1, 0.15) is 5.01 Å². The number of thiophene rings is 1. The molecule has 0 radical (unpaired) electrons. The Labute approximate surface area is 149 Å². The highest BCUT2D eigenvalue weighted by atomic mass is 32.1. The van der Waals surface area contributed by atoms with Gasteiger partial charge in [-0.15, -0.1) is 22.7 Å². The van der Waals surface area contributed by atoms with Gasteiger partial charge in [0.2, 0.25) is 11.8 Å². The maximum absolute atomic E-state index is 12.4. The van der Waals surface area contributed by atoms with Gasteiger partial charge in [-0.3, -0.25) is 14.5 Å². The Morgan fingerprint density at radius 3 is 3.04 bits per heavy atom. The van der Waals surface area contributed by atoms with Crippen molar-refractivity contribution in [3.05, 3.63) is 28.6 Å². The predicted octanol–water partition coefficient (Wildman–Crippen LogP) is 1.65. The number of piperazine rings is 1. The number of thiazole rings is 1. The summed E-state index contributed by atoms with van der Waals surface area (Å²) < 4.78 is 0. The van der Waals surface area contributed by atoms with Crippen LogP contribution >= 0.6 is 22.7 Å². The summed E-state index contributed by atoms with van der Waals surface area (Å²) in [6.45, 7) is 1.86. The number of nitrogens with zero attached hydrogens (tertiary/aromatic N) is 3. The molecule has 0 bridgehead atoms. The molecule has 6 nitrogen and oxygen atoms in total. The van der Waals surface area contributed by atoms with Crippen molar-refractivity contribution in [2.45, 2.75) is 19.0 Å². The van der Waals surface area contributed by atoms with Gasteiger partial charge in [-0.2, -0.15) is 0 Å². The maximum Gasteiger partial charge on any atom is 0.237 e. The van der Waals surface area contributed by atoms with E-state index in [1.807, 2.05) is 34.8 Å². The summed E-state index contributed by atoms with van der Waals surface area (Å²) in [6, 6.07) is 3.66. The zero-order valence-electron chi connectivity index (χ0n) is 13.7. The van der Waals surface area contributed by atoms with Gasteiger partial charge in [0.25, 0.3) is 0 Å². The summed E-state index contributed by atoms with van der Waals surface area (Å²) in [7, 11) is 3.64. The molecule has 1 atom stereocenters. The number of nitrogens with one attached hydrogen (secondary N) is 1. The first-order valence-electron chi connectivity index (χ1n) is 7.75. The molecule has 2 aromatic heterocycles. The van der Waals surface area contributed by atoms with Crippen molar-refractivity contribution in [3.8, 4) is 9.88 Å². The van der Waals surface area contributed by atoms with Crippen LogP contribution in [-0.2, 0) is 16.1 Å². The molecule has 8 heteroatoms. The molecular formula is C16H20N4O2S2. The fraction of sp³-hybridized carbons (Fsp3) is 0.438. The van der Waals surface area contributed by atoms with E-state index in [9.17, 15) is 9.59 Å². The maximum atomic E-state index is 12.4. The standard InChI is InChI=1S/C16H20N4O2S2/c1-19-6-5-17-15(22)12(19)8-14(21)20(2)9-11-10-24-16(18-11)13-4-3-7-23-13/h3-4,7,10,12H,5-6,8-9H2,1-2H3,(H,17,22). The second kappa shape index (κ2) is 7.42. The van der Waals surface area contributed by atoms with Gasteiger partial charge in [0.15, 0.2) is 0 Å². The Bertz CT molecular complexity index is 713. The Morgan fingerprint density at radius 1 is 1.50 bits per heavy atom. The number of amides is 2. The summed E-state index contributed by atoms with van der Waals surface area (Å²) in [6.07, 6.45) is 0.195. The average molecular weight is 364 g/mol. The lowest BCUT2D eigenvalue weighted by Crippen LogP contribution is -2.54. The number of rotatable bonds is 5. The van der Waals surface area contributed by atoms with Crippen molar-refractivity contribution >= 4 is 34.5 Å². The smallest absolute Gasteiger partial charge is 0.237 e. The Hall–Kier alpha value is -1.77. The van der Waals surface area contributed by atoms with Crippen LogP contribution in [0, 0.1) is 0 Å². The lowest BCUT2D eigenvalue weighted by atomic mass is 10.1. The first-order valence-corrected chi connectivity index (χ1v) is 9.50. The second-order valence-electron chi connectivity index (χ2n) is 5.86. The molecule has 0 saturated carbocycles. The van der Waals surface area contributed by atoms with Crippen LogP contribution in [0.1, 0.15) is 12.1 Å². The van der Waals surface area contributed by atoms with Crippen LogP contribution in [0.5, 0.6) is 0 Å². The van der Waals surface area contributed by atoms with Gasteiger partial charge in [-0.1, -0.05) is 6.07 Å². The first kappa shape index (κ1) is 17.1. The van der Waals surface area contributed by atoms with E-state index in [0.29, 0.717) is 13.1 Å². The van der Waals surface area contributed by atoms with Gasteiger partial charge in [0, 0.05) is 25.5 Å². The Balaban J connectivity index is 1.59. The fourth-order valence-electron chi connectivity index (χ4n) is 2.62. The summed E-state index contributed by atoms with van der Waals surface area (Å²) in [5.74, 6) is -0.117. The average Bonchev–Trinajstić information content (AvgIpc) is 3.21. The third kappa shape index (κ3) is 3.82. The molecule has 128 valence electrons.